The highest BCUT2D eigenvalue weighted by Gasteiger charge is 2.30. The topological polar surface area (TPSA) is 83.7 Å². The Labute approximate surface area is 173 Å². The molecule has 0 fully saturated rings. The number of hydrogen-bond acceptors (Lipinski definition) is 4. The van der Waals surface area contributed by atoms with Crippen LogP contribution >= 0.6 is 11.6 Å². The minimum absolute atomic E-state index is 0.167. The van der Waals surface area contributed by atoms with E-state index >= 15 is 0 Å². The summed E-state index contributed by atoms with van der Waals surface area (Å²) in [5.74, 6) is -1.61. The number of alkyl halides is 3. The Morgan fingerprint density at radius 2 is 1.73 bits per heavy atom. The Kier molecular flexibility index (Phi) is 6.22. The van der Waals surface area contributed by atoms with Crippen molar-refractivity contribution >= 4 is 35.3 Å². The first-order valence-electron chi connectivity index (χ1n) is 8.40. The van der Waals surface area contributed by atoms with Gasteiger partial charge in [0.05, 0.1) is 11.8 Å². The monoisotopic (exact) mass is 435 g/mol. The fourth-order valence-electron chi connectivity index (χ4n) is 2.35. The SMILES string of the molecule is O=C(N/N=C/c1ccc(-c2cccc(C(F)(F)F)c2)o1)C(=O)Nc1ccc(Cl)cc1. The van der Waals surface area contributed by atoms with Gasteiger partial charge in [-0.05, 0) is 48.5 Å². The third kappa shape index (κ3) is 5.48. The normalized spacial score (nSPS) is 11.5. The number of nitrogens with one attached hydrogen (secondary N) is 2. The molecule has 1 heterocycles. The second kappa shape index (κ2) is 8.83. The molecule has 0 unspecified atom stereocenters. The predicted molar refractivity (Wildman–Crippen MR) is 105 cm³/mol. The second-order valence-electron chi connectivity index (χ2n) is 5.94. The van der Waals surface area contributed by atoms with Crippen LogP contribution in [-0.2, 0) is 15.8 Å². The van der Waals surface area contributed by atoms with Gasteiger partial charge >= 0.3 is 18.0 Å². The molecule has 0 radical (unpaired) electrons. The van der Waals surface area contributed by atoms with Gasteiger partial charge in [0.2, 0.25) is 0 Å². The Bertz CT molecular complexity index is 1090. The Hall–Kier alpha value is -3.59. The minimum Gasteiger partial charge on any atom is -0.455 e. The van der Waals surface area contributed by atoms with E-state index in [2.05, 4.69) is 10.4 Å². The minimum atomic E-state index is -4.47. The number of carbonyl (C=O) groups is 2. The quantitative estimate of drug-likeness (QED) is 0.354. The van der Waals surface area contributed by atoms with Crippen molar-refractivity contribution in [3.63, 3.8) is 0 Å². The van der Waals surface area contributed by atoms with Crippen LogP contribution in [0.15, 0.2) is 70.2 Å². The zero-order valence-corrected chi connectivity index (χ0v) is 15.8. The van der Waals surface area contributed by atoms with E-state index < -0.39 is 23.6 Å². The van der Waals surface area contributed by atoms with Crippen LogP contribution < -0.4 is 10.7 Å². The lowest BCUT2D eigenvalue weighted by atomic mass is 10.1. The van der Waals surface area contributed by atoms with E-state index in [-0.39, 0.29) is 17.1 Å². The van der Waals surface area contributed by atoms with Crippen LogP contribution in [0.25, 0.3) is 11.3 Å². The lowest BCUT2D eigenvalue weighted by molar-refractivity contribution is -0.137. The van der Waals surface area contributed by atoms with Gasteiger partial charge in [0.25, 0.3) is 0 Å². The van der Waals surface area contributed by atoms with Gasteiger partial charge in [-0.2, -0.15) is 18.3 Å². The van der Waals surface area contributed by atoms with E-state index in [1.165, 1.54) is 36.4 Å². The molecule has 2 aromatic carbocycles. The van der Waals surface area contributed by atoms with E-state index in [0.29, 0.717) is 10.7 Å². The summed E-state index contributed by atoms with van der Waals surface area (Å²) >= 11 is 5.74. The molecular weight excluding hydrogens is 423 g/mol. The van der Waals surface area contributed by atoms with Gasteiger partial charge in [0, 0.05) is 16.3 Å². The van der Waals surface area contributed by atoms with Gasteiger partial charge in [0.1, 0.15) is 11.5 Å². The summed E-state index contributed by atoms with van der Waals surface area (Å²) in [6.45, 7) is 0. The highest BCUT2D eigenvalue weighted by atomic mass is 35.5. The Balaban J connectivity index is 1.60. The zero-order valence-electron chi connectivity index (χ0n) is 15.0. The van der Waals surface area contributed by atoms with E-state index in [1.807, 2.05) is 5.43 Å². The van der Waals surface area contributed by atoms with Crippen LogP contribution in [0.1, 0.15) is 11.3 Å². The molecule has 0 spiro atoms. The van der Waals surface area contributed by atoms with Gasteiger partial charge < -0.3 is 9.73 Å². The number of furan rings is 1. The van der Waals surface area contributed by atoms with Crippen molar-refractivity contribution in [3.05, 3.63) is 77.0 Å². The number of hydrazone groups is 1. The fourth-order valence-corrected chi connectivity index (χ4v) is 2.48. The maximum absolute atomic E-state index is 12.8. The van der Waals surface area contributed by atoms with Crippen LogP contribution in [0.4, 0.5) is 18.9 Å². The molecule has 0 bridgehead atoms. The Morgan fingerprint density at radius 3 is 2.43 bits per heavy atom. The Morgan fingerprint density at radius 1 is 1.00 bits per heavy atom. The number of rotatable bonds is 4. The number of halogens is 4. The molecule has 154 valence electrons. The average molecular weight is 436 g/mol. The fraction of sp³-hybridized carbons (Fsp3) is 0.0500. The van der Waals surface area contributed by atoms with Crippen molar-refractivity contribution in [2.45, 2.75) is 6.18 Å². The second-order valence-corrected chi connectivity index (χ2v) is 6.38. The molecule has 2 N–H and O–H groups in total. The van der Waals surface area contributed by atoms with Crippen LogP contribution in [0.5, 0.6) is 0 Å². The number of hydrogen-bond donors (Lipinski definition) is 2. The third-order valence-electron chi connectivity index (χ3n) is 3.77. The first-order chi connectivity index (χ1) is 14.2. The van der Waals surface area contributed by atoms with Crippen molar-refractivity contribution in [1.82, 2.24) is 5.43 Å². The molecule has 0 saturated heterocycles. The molecule has 0 saturated carbocycles. The van der Waals surface area contributed by atoms with Crippen molar-refractivity contribution in [2.75, 3.05) is 5.32 Å². The molecule has 0 aliphatic carbocycles. The van der Waals surface area contributed by atoms with E-state index in [0.717, 1.165) is 18.3 Å². The first-order valence-corrected chi connectivity index (χ1v) is 8.77. The molecule has 0 atom stereocenters. The molecule has 3 aromatic rings. The summed E-state index contributed by atoms with van der Waals surface area (Å²) in [7, 11) is 0. The zero-order chi connectivity index (χ0) is 21.7. The molecule has 0 aliphatic heterocycles. The van der Waals surface area contributed by atoms with E-state index in [1.54, 1.807) is 12.1 Å². The first kappa shape index (κ1) is 21.1. The van der Waals surface area contributed by atoms with Crippen molar-refractivity contribution in [3.8, 4) is 11.3 Å². The standard InChI is InChI=1S/C20H13ClF3N3O3/c21-14-4-6-15(7-5-14)26-18(28)19(29)27-25-11-16-8-9-17(30-16)12-2-1-3-13(10-12)20(22,23)24/h1-11H,(H,26,28)(H,27,29)/b25-11+. The summed E-state index contributed by atoms with van der Waals surface area (Å²) in [6, 6.07) is 13.7. The van der Waals surface area contributed by atoms with Gasteiger partial charge in [-0.1, -0.05) is 23.7 Å². The number of anilines is 1. The lowest BCUT2D eigenvalue weighted by Gasteiger charge is -2.07. The number of amides is 2. The lowest BCUT2D eigenvalue weighted by Crippen LogP contribution is -2.32. The summed E-state index contributed by atoms with van der Waals surface area (Å²) in [4.78, 5) is 23.6. The summed E-state index contributed by atoms with van der Waals surface area (Å²) < 4.78 is 43.9. The maximum atomic E-state index is 12.8. The summed E-state index contributed by atoms with van der Waals surface area (Å²) in [5, 5.41) is 6.44. The van der Waals surface area contributed by atoms with Crippen molar-refractivity contribution in [2.24, 2.45) is 5.10 Å². The molecule has 30 heavy (non-hydrogen) atoms. The largest absolute Gasteiger partial charge is 0.455 e. The average Bonchev–Trinajstić information content (AvgIpc) is 3.18. The number of carbonyl (C=O) groups excluding carboxylic acids is 2. The molecule has 6 nitrogen and oxygen atoms in total. The smallest absolute Gasteiger partial charge is 0.416 e. The summed E-state index contributed by atoms with van der Waals surface area (Å²) in [5.41, 5.74) is 1.83. The van der Waals surface area contributed by atoms with Crippen LogP contribution in [0.3, 0.4) is 0 Å². The predicted octanol–water partition coefficient (Wildman–Crippen LogP) is 4.71. The number of nitrogens with zero attached hydrogens (tertiary/aromatic N) is 1. The van der Waals surface area contributed by atoms with Gasteiger partial charge in [-0.25, -0.2) is 5.43 Å². The third-order valence-corrected chi connectivity index (χ3v) is 4.02. The van der Waals surface area contributed by atoms with Crippen molar-refractivity contribution < 1.29 is 27.2 Å². The summed E-state index contributed by atoms with van der Waals surface area (Å²) in [6.07, 6.45) is -3.35. The molecule has 2 amide bonds. The highest BCUT2D eigenvalue weighted by molar-refractivity contribution is 6.39. The molecule has 0 aliphatic rings. The molecule has 10 heteroatoms. The molecular formula is C20H13ClF3N3O3. The van der Waals surface area contributed by atoms with Gasteiger partial charge in [-0.15, -0.1) is 0 Å². The number of benzene rings is 2. The van der Waals surface area contributed by atoms with Gasteiger partial charge in [-0.3, -0.25) is 9.59 Å². The maximum Gasteiger partial charge on any atom is 0.416 e. The van der Waals surface area contributed by atoms with Crippen LogP contribution in [-0.4, -0.2) is 18.0 Å². The highest BCUT2D eigenvalue weighted by Crippen LogP contribution is 2.32. The van der Waals surface area contributed by atoms with Crippen LogP contribution in [0, 0.1) is 0 Å². The van der Waals surface area contributed by atoms with Crippen LogP contribution in [0.2, 0.25) is 5.02 Å². The van der Waals surface area contributed by atoms with Gasteiger partial charge in [0.15, 0.2) is 0 Å². The van der Waals surface area contributed by atoms with Crippen molar-refractivity contribution in [1.29, 1.82) is 0 Å². The molecule has 3 rings (SSSR count). The molecule has 1 aromatic heterocycles. The van der Waals surface area contributed by atoms with E-state index in [9.17, 15) is 22.8 Å². The van der Waals surface area contributed by atoms with E-state index in [4.69, 9.17) is 16.0 Å².